The van der Waals surface area contributed by atoms with E-state index in [1.165, 1.54) is 10.1 Å². The zero-order valence-electron chi connectivity index (χ0n) is 12.3. The number of hydrogen-bond donors (Lipinski definition) is 1. The molecule has 0 atom stereocenters. The molecule has 2 aromatic carbocycles. The number of rotatable bonds is 5. The minimum Gasteiger partial charge on any atom is -0.493 e. The van der Waals surface area contributed by atoms with Gasteiger partial charge in [-0.25, -0.2) is 0 Å². The first-order valence-electron chi connectivity index (χ1n) is 7.24. The van der Waals surface area contributed by atoms with Crippen LogP contribution in [-0.2, 0) is 0 Å². The maximum atomic E-state index is 11.7. The van der Waals surface area contributed by atoms with Gasteiger partial charge in [0.25, 0.3) is 5.91 Å². The van der Waals surface area contributed by atoms with Crippen molar-refractivity contribution in [2.45, 2.75) is 13.3 Å². The lowest BCUT2D eigenvalue weighted by molar-refractivity contribution is 0.0996. The summed E-state index contributed by atoms with van der Waals surface area (Å²) in [7, 11) is 0. The molecule has 1 amide bonds. The molecule has 0 radical (unpaired) electrons. The number of thiophene rings is 1. The van der Waals surface area contributed by atoms with Gasteiger partial charge in [-0.1, -0.05) is 25.1 Å². The van der Waals surface area contributed by atoms with Gasteiger partial charge in [0.2, 0.25) is 0 Å². The van der Waals surface area contributed by atoms with E-state index in [0.29, 0.717) is 17.9 Å². The standard InChI is InChI=1S/C18H17NO2S/c1-2-9-21-15-8-7-13(10-14(15)18(19)20)17-11-12-5-3-4-6-16(12)22-17/h3-8,10-11H,2,9H2,1H3,(H2,19,20). The summed E-state index contributed by atoms with van der Waals surface area (Å²) in [6, 6.07) is 16.0. The van der Waals surface area contributed by atoms with Gasteiger partial charge in [0.1, 0.15) is 5.75 Å². The third-order valence-corrected chi connectivity index (χ3v) is 4.58. The third-order valence-electron chi connectivity index (χ3n) is 3.42. The predicted molar refractivity (Wildman–Crippen MR) is 91.6 cm³/mol. The van der Waals surface area contributed by atoms with Crippen LogP contribution >= 0.6 is 11.3 Å². The van der Waals surface area contributed by atoms with Crippen molar-refractivity contribution in [1.29, 1.82) is 0 Å². The molecule has 3 aromatic rings. The predicted octanol–water partition coefficient (Wildman–Crippen LogP) is 4.46. The van der Waals surface area contributed by atoms with Crippen molar-refractivity contribution in [2.75, 3.05) is 6.61 Å². The van der Waals surface area contributed by atoms with Crippen LogP contribution < -0.4 is 10.5 Å². The maximum absolute atomic E-state index is 11.7. The third kappa shape index (κ3) is 2.83. The molecule has 0 aliphatic heterocycles. The van der Waals surface area contributed by atoms with Crippen molar-refractivity contribution in [3.63, 3.8) is 0 Å². The molecule has 0 unspecified atom stereocenters. The van der Waals surface area contributed by atoms with Gasteiger partial charge in [0, 0.05) is 9.58 Å². The van der Waals surface area contributed by atoms with E-state index in [0.717, 1.165) is 16.9 Å². The number of nitrogens with two attached hydrogens (primary N) is 1. The van der Waals surface area contributed by atoms with Crippen LogP contribution in [0.3, 0.4) is 0 Å². The molecule has 4 heteroatoms. The molecule has 3 rings (SSSR count). The number of carbonyl (C=O) groups is 1. The second-order valence-electron chi connectivity index (χ2n) is 5.07. The van der Waals surface area contributed by atoms with E-state index in [1.807, 2.05) is 37.3 Å². The maximum Gasteiger partial charge on any atom is 0.252 e. The monoisotopic (exact) mass is 311 g/mol. The molecule has 2 N–H and O–H groups in total. The Morgan fingerprint density at radius 3 is 2.73 bits per heavy atom. The Hall–Kier alpha value is -2.33. The number of benzene rings is 2. The number of carbonyl (C=O) groups excluding carboxylic acids is 1. The van der Waals surface area contributed by atoms with E-state index in [1.54, 1.807) is 11.3 Å². The van der Waals surface area contributed by atoms with Crippen molar-refractivity contribution in [3.8, 4) is 16.2 Å². The summed E-state index contributed by atoms with van der Waals surface area (Å²) in [4.78, 5) is 12.8. The van der Waals surface area contributed by atoms with Crippen LogP contribution in [0.2, 0.25) is 0 Å². The molecule has 0 saturated heterocycles. The molecule has 1 heterocycles. The lowest BCUT2D eigenvalue weighted by Crippen LogP contribution is -2.13. The number of fused-ring (bicyclic) bond motifs is 1. The smallest absolute Gasteiger partial charge is 0.252 e. The average Bonchev–Trinajstić information content (AvgIpc) is 2.96. The van der Waals surface area contributed by atoms with Gasteiger partial charge in [-0.3, -0.25) is 4.79 Å². The topological polar surface area (TPSA) is 52.3 Å². The van der Waals surface area contributed by atoms with Crippen molar-refractivity contribution in [3.05, 3.63) is 54.1 Å². The van der Waals surface area contributed by atoms with Crippen LogP contribution in [0.5, 0.6) is 5.75 Å². The van der Waals surface area contributed by atoms with Crippen LogP contribution in [0.4, 0.5) is 0 Å². The van der Waals surface area contributed by atoms with E-state index in [-0.39, 0.29) is 0 Å². The van der Waals surface area contributed by atoms with Crippen molar-refractivity contribution in [1.82, 2.24) is 0 Å². The van der Waals surface area contributed by atoms with Gasteiger partial charge >= 0.3 is 0 Å². The van der Waals surface area contributed by atoms with Crippen LogP contribution in [0.25, 0.3) is 20.5 Å². The van der Waals surface area contributed by atoms with E-state index < -0.39 is 5.91 Å². The van der Waals surface area contributed by atoms with Crippen LogP contribution in [-0.4, -0.2) is 12.5 Å². The minimum absolute atomic E-state index is 0.434. The summed E-state index contributed by atoms with van der Waals surface area (Å²) in [6.07, 6.45) is 0.885. The van der Waals surface area contributed by atoms with Gasteiger partial charge in [0.15, 0.2) is 0 Å². The first-order chi connectivity index (χ1) is 10.7. The molecule has 112 valence electrons. The molecule has 0 bridgehead atoms. The molecule has 0 spiro atoms. The van der Waals surface area contributed by atoms with Crippen molar-refractivity contribution in [2.24, 2.45) is 5.73 Å². The van der Waals surface area contributed by atoms with Crippen LogP contribution in [0.1, 0.15) is 23.7 Å². The second-order valence-corrected chi connectivity index (χ2v) is 6.16. The van der Waals surface area contributed by atoms with Gasteiger partial charge in [-0.15, -0.1) is 11.3 Å². The highest BCUT2D eigenvalue weighted by atomic mass is 32.1. The molecule has 0 fully saturated rings. The summed E-state index contributed by atoms with van der Waals surface area (Å²) in [5, 5.41) is 1.20. The molecular weight excluding hydrogens is 294 g/mol. The largest absolute Gasteiger partial charge is 0.493 e. The normalized spacial score (nSPS) is 10.8. The van der Waals surface area contributed by atoms with E-state index in [9.17, 15) is 4.79 Å². The quantitative estimate of drug-likeness (QED) is 0.756. The lowest BCUT2D eigenvalue weighted by Gasteiger charge is -2.10. The van der Waals surface area contributed by atoms with Crippen molar-refractivity contribution < 1.29 is 9.53 Å². The fraction of sp³-hybridized carbons (Fsp3) is 0.167. The molecule has 0 aliphatic carbocycles. The summed E-state index contributed by atoms with van der Waals surface area (Å²) < 4.78 is 6.83. The van der Waals surface area contributed by atoms with Crippen LogP contribution in [0.15, 0.2) is 48.5 Å². The van der Waals surface area contributed by atoms with E-state index in [2.05, 4.69) is 18.2 Å². The fourth-order valence-electron chi connectivity index (χ4n) is 2.34. The number of primary amides is 1. The van der Waals surface area contributed by atoms with Crippen molar-refractivity contribution >= 4 is 27.3 Å². The first-order valence-corrected chi connectivity index (χ1v) is 8.06. The zero-order valence-corrected chi connectivity index (χ0v) is 13.2. The first kappa shape index (κ1) is 14.6. The summed E-state index contributed by atoms with van der Waals surface area (Å²) >= 11 is 1.70. The Balaban J connectivity index is 2.03. The van der Waals surface area contributed by atoms with Gasteiger partial charge < -0.3 is 10.5 Å². The Bertz CT molecular complexity index is 790. The Morgan fingerprint density at radius 2 is 2.00 bits per heavy atom. The van der Waals surface area contributed by atoms with Gasteiger partial charge in [-0.2, -0.15) is 0 Å². The van der Waals surface area contributed by atoms with Gasteiger partial charge in [-0.05, 0) is 47.7 Å². The second kappa shape index (κ2) is 6.20. The molecule has 0 saturated carbocycles. The minimum atomic E-state index is -0.464. The summed E-state index contributed by atoms with van der Waals surface area (Å²) in [6.45, 7) is 2.60. The van der Waals surface area contributed by atoms with E-state index in [4.69, 9.17) is 10.5 Å². The fourth-order valence-corrected chi connectivity index (χ4v) is 3.40. The summed E-state index contributed by atoms with van der Waals surface area (Å²) in [5.41, 5.74) is 6.91. The number of hydrogen-bond acceptors (Lipinski definition) is 3. The highest BCUT2D eigenvalue weighted by Crippen LogP contribution is 2.35. The average molecular weight is 311 g/mol. The molecule has 22 heavy (non-hydrogen) atoms. The zero-order chi connectivity index (χ0) is 15.5. The highest BCUT2D eigenvalue weighted by molar-refractivity contribution is 7.22. The molecular formula is C18H17NO2S. The van der Waals surface area contributed by atoms with Crippen LogP contribution in [0, 0.1) is 0 Å². The van der Waals surface area contributed by atoms with Gasteiger partial charge in [0.05, 0.1) is 12.2 Å². The lowest BCUT2D eigenvalue weighted by atomic mass is 10.1. The Labute approximate surface area is 133 Å². The SMILES string of the molecule is CCCOc1ccc(-c2cc3ccccc3s2)cc1C(N)=O. The molecule has 0 aliphatic rings. The molecule has 1 aromatic heterocycles. The molecule has 3 nitrogen and oxygen atoms in total. The number of amides is 1. The highest BCUT2D eigenvalue weighted by Gasteiger charge is 2.12. The van der Waals surface area contributed by atoms with E-state index >= 15 is 0 Å². The summed E-state index contributed by atoms with van der Waals surface area (Å²) in [5.74, 6) is 0.0910. The Kier molecular flexibility index (Phi) is 4.11. The Morgan fingerprint density at radius 1 is 1.18 bits per heavy atom. The number of ether oxygens (including phenoxy) is 1.